The van der Waals surface area contributed by atoms with Gasteiger partial charge in [0, 0.05) is 24.5 Å². The van der Waals surface area contributed by atoms with E-state index in [1.165, 1.54) is 12.1 Å². The van der Waals surface area contributed by atoms with Crippen molar-refractivity contribution in [2.24, 2.45) is 0 Å². The molecule has 0 aromatic heterocycles. The molecule has 0 radical (unpaired) electrons. The van der Waals surface area contributed by atoms with Crippen LogP contribution in [-0.4, -0.2) is 19.3 Å². The Morgan fingerprint density at radius 2 is 2.31 bits per heavy atom. The number of anilines is 2. The number of nitrogen functional groups attached to an aromatic ring is 1. The average Bonchev–Trinajstić information content (AvgIpc) is 2.69. The molecule has 0 saturated carbocycles. The molecule has 0 bridgehead atoms. The number of nitrogens with one attached hydrogen (secondary N) is 1. The van der Waals surface area contributed by atoms with Crippen LogP contribution in [0.4, 0.5) is 15.8 Å². The van der Waals surface area contributed by atoms with Crippen molar-refractivity contribution in [3.05, 3.63) is 24.0 Å². The quantitative estimate of drug-likeness (QED) is 0.772. The molecule has 1 atom stereocenters. The van der Waals surface area contributed by atoms with Gasteiger partial charge >= 0.3 is 0 Å². The Hall–Kier alpha value is -1.29. The summed E-state index contributed by atoms with van der Waals surface area (Å²) >= 11 is 0. The Labute approximate surface area is 94.8 Å². The fourth-order valence-electron chi connectivity index (χ4n) is 1.96. The summed E-state index contributed by atoms with van der Waals surface area (Å²) in [6, 6.07) is 4.50. The lowest BCUT2D eigenvalue weighted by Crippen LogP contribution is -2.12. The second-order valence-electron chi connectivity index (χ2n) is 4.12. The van der Waals surface area contributed by atoms with E-state index >= 15 is 0 Å². The molecule has 1 aromatic rings. The molecule has 3 nitrogen and oxygen atoms in total. The van der Waals surface area contributed by atoms with Gasteiger partial charge < -0.3 is 15.8 Å². The van der Waals surface area contributed by atoms with Crippen LogP contribution >= 0.6 is 0 Å². The highest BCUT2D eigenvalue weighted by molar-refractivity contribution is 5.54. The topological polar surface area (TPSA) is 47.3 Å². The number of halogens is 1. The normalized spacial score (nSPS) is 19.9. The average molecular weight is 224 g/mol. The van der Waals surface area contributed by atoms with Gasteiger partial charge in [-0.25, -0.2) is 4.39 Å². The molecule has 0 amide bonds. The smallest absolute Gasteiger partial charge is 0.127 e. The Bertz CT molecular complexity index is 331. The molecule has 1 fully saturated rings. The first-order chi connectivity index (χ1) is 7.74. The predicted molar refractivity (Wildman–Crippen MR) is 62.9 cm³/mol. The predicted octanol–water partition coefficient (Wildman–Crippen LogP) is 2.39. The summed E-state index contributed by atoms with van der Waals surface area (Å²) in [5.74, 6) is -0.306. The van der Waals surface area contributed by atoms with E-state index in [1.54, 1.807) is 6.07 Å². The van der Waals surface area contributed by atoms with E-state index in [0.717, 1.165) is 38.1 Å². The zero-order valence-electron chi connectivity index (χ0n) is 9.21. The van der Waals surface area contributed by atoms with E-state index in [0.29, 0.717) is 11.8 Å². The Kier molecular flexibility index (Phi) is 3.62. The lowest BCUT2D eigenvalue weighted by Gasteiger charge is -2.11. The molecular weight excluding hydrogens is 207 g/mol. The maximum Gasteiger partial charge on any atom is 0.127 e. The van der Waals surface area contributed by atoms with Crippen molar-refractivity contribution in [1.29, 1.82) is 0 Å². The molecule has 1 heterocycles. The molecule has 3 N–H and O–H groups in total. The second-order valence-corrected chi connectivity index (χ2v) is 4.12. The largest absolute Gasteiger partial charge is 0.399 e. The molecule has 16 heavy (non-hydrogen) atoms. The number of hydrogen-bond donors (Lipinski definition) is 2. The Morgan fingerprint density at radius 3 is 3.00 bits per heavy atom. The number of benzene rings is 1. The minimum atomic E-state index is -0.306. The zero-order valence-corrected chi connectivity index (χ0v) is 9.21. The highest BCUT2D eigenvalue weighted by atomic mass is 19.1. The molecule has 2 rings (SSSR count). The third kappa shape index (κ3) is 3.10. The maximum atomic E-state index is 13.0. The van der Waals surface area contributed by atoms with E-state index in [-0.39, 0.29) is 5.82 Å². The third-order valence-corrected chi connectivity index (χ3v) is 2.74. The molecule has 1 aromatic carbocycles. The van der Waals surface area contributed by atoms with Crippen LogP contribution in [0.2, 0.25) is 0 Å². The molecule has 1 aliphatic rings. The Balaban J connectivity index is 1.80. The number of rotatable bonds is 4. The van der Waals surface area contributed by atoms with Crippen LogP contribution in [0.3, 0.4) is 0 Å². The minimum absolute atomic E-state index is 0.306. The maximum absolute atomic E-state index is 13.0. The van der Waals surface area contributed by atoms with Gasteiger partial charge in [-0.1, -0.05) is 0 Å². The molecule has 0 aliphatic carbocycles. The zero-order chi connectivity index (χ0) is 11.4. The van der Waals surface area contributed by atoms with Crippen LogP contribution in [0.25, 0.3) is 0 Å². The lowest BCUT2D eigenvalue weighted by atomic mass is 10.2. The van der Waals surface area contributed by atoms with Crippen LogP contribution < -0.4 is 11.1 Å². The second kappa shape index (κ2) is 5.16. The summed E-state index contributed by atoms with van der Waals surface area (Å²) in [5, 5.41) is 3.15. The van der Waals surface area contributed by atoms with E-state index in [1.807, 2.05) is 0 Å². The first kappa shape index (κ1) is 11.2. The van der Waals surface area contributed by atoms with Gasteiger partial charge in [0.2, 0.25) is 0 Å². The van der Waals surface area contributed by atoms with E-state index in [9.17, 15) is 4.39 Å². The molecule has 1 aliphatic heterocycles. The summed E-state index contributed by atoms with van der Waals surface area (Å²) in [6.45, 7) is 1.66. The SMILES string of the molecule is Nc1cc(F)cc(NCCC2CCCO2)c1. The van der Waals surface area contributed by atoms with E-state index in [4.69, 9.17) is 10.5 Å². The van der Waals surface area contributed by atoms with Gasteiger partial charge in [0.25, 0.3) is 0 Å². The monoisotopic (exact) mass is 224 g/mol. The van der Waals surface area contributed by atoms with Crippen LogP contribution in [0.5, 0.6) is 0 Å². The highest BCUT2D eigenvalue weighted by Crippen LogP contribution is 2.18. The molecule has 4 heteroatoms. The fraction of sp³-hybridized carbons (Fsp3) is 0.500. The van der Waals surface area contributed by atoms with Crippen molar-refractivity contribution >= 4 is 11.4 Å². The molecular formula is C12H17FN2O. The van der Waals surface area contributed by atoms with Crippen LogP contribution in [0, 0.1) is 5.82 Å². The van der Waals surface area contributed by atoms with Crippen molar-refractivity contribution in [3.8, 4) is 0 Å². The standard InChI is InChI=1S/C12H17FN2O/c13-9-6-10(14)8-11(7-9)15-4-3-12-2-1-5-16-12/h6-8,12,15H,1-5,14H2. The van der Waals surface area contributed by atoms with E-state index < -0.39 is 0 Å². The van der Waals surface area contributed by atoms with Crippen LogP contribution in [0.15, 0.2) is 18.2 Å². The summed E-state index contributed by atoms with van der Waals surface area (Å²) in [7, 11) is 0. The number of hydrogen-bond acceptors (Lipinski definition) is 3. The molecule has 88 valence electrons. The van der Waals surface area contributed by atoms with Crippen molar-refractivity contribution in [3.63, 3.8) is 0 Å². The molecule has 0 spiro atoms. The van der Waals surface area contributed by atoms with Crippen molar-refractivity contribution in [2.45, 2.75) is 25.4 Å². The molecule has 1 saturated heterocycles. The van der Waals surface area contributed by atoms with Gasteiger partial charge in [-0.3, -0.25) is 0 Å². The van der Waals surface area contributed by atoms with Crippen molar-refractivity contribution in [1.82, 2.24) is 0 Å². The third-order valence-electron chi connectivity index (χ3n) is 2.74. The van der Waals surface area contributed by atoms with Gasteiger partial charge in [-0.05, 0) is 37.5 Å². The minimum Gasteiger partial charge on any atom is -0.399 e. The first-order valence-corrected chi connectivity index (χ1v) is 5.65. The number of nitrogens with two attached hydrogens (primary N) is 1. The first-order valence-electron chi connectivity index (χ1n) is 5.65. The van der Waals surface area contributed by atoms with Crippen LogP contribution in [0.1, 0.15) is 19.3 Å². The summed E-state index contributed by atoms with van der Waals surface area (Å²) in [5.41, 5.74) is 6.72. The van der Waals surface area contributed by atoms with Gasteiger partial charge in [0.15, 0.2) is 0 Å². The lowest BCUT2D eigenvalue weighted by molar-refractivity contribution is 0.107. The van der Waals surface area contributed by atoms with Crippen molar-refractivity contribution in [2.75, 3.05) is 24.2 Å². The summed E-state index contributed by atoms with van der Waals surface area (Å²) in [6.07, 6.45) is 3.60. The van der Waals surface area contributed by atoms with Crippen molar-refractivity contribution < 1.29 is 9.13 Å². The Morgan fingerprint density at radius 1 is 1.44 bits per heavy atom. The van der Waals surface area contributed by atoms with Gasteiger partial charge in [-0.2, -0.15) is 0 Å². The van der Waals surface area contributed by atoms with Gasteiger partial charge in [0.1, 0.15) is 5.82 Å². The summed E-state index contributed by atoms with van der Waals surface area (Å²) < 4.78 is 18.5. The fourth-order valence-corrected chi connectivity index (χ4v) is 1.96. The number of ether oxygens (including phenoxy) is 1. The van der Waals surface area contributed by atoms with Gasteiger partial charge in [0.05, 0.1) is 6.10 Å². The van der Waals surface area contributed by atoms with E-state index in [2.05, 4.69) is 5.32 Å². The highest BCUT2D eigenvalue weighted by Gasteiger charge is 2.14. The van der Waals surface area contributed by atoms with Crippen LogP contribution in [-0.2, 0) is 4.74 Å². The summed E-state index contributed by atoms with van der Waals surface area (Å²) in [4.78, 5) is 0. The molecule has 1 unspecified atom stereocenters. The van der Waals surface area contributed by atoms with Gasteiger partial charge in [-0.15, -0.1) is 0 Å².